The molecular formula is C10H11ClN2O2. The molecule has 80 valence electrons. The Morgan fingerprint density at radius 3 is 3.20 bits per heavy atom. The Kier molecular flexibility index (Phi) is 3.18. The van der Waals surface area contributed by atoms with Gasteiger partial charge in [0, 0.05) is 12.8 Å². The molecule has 0 aliphatic carbocycles. The van der Waals surface area contributed by atoms with Crippen molar-refractivity contribution in [3.63, 3.8) is 0 Å². The largest absolute Gasteiger partial charge is 0.381 e. The highest BCUT2D eigenvalue weighted by molar-refractivity contribution is 6.33. The summed E-state index contributed by atoms with van der Waals surface area (Å²) in [6.45, 7) is 1.13. The lowest BCUT2D eigenvalue weighted by molar-refractivity contribution is -0.119. The zero-order valence-corrected chi connectivity index (χ0v) is 8.83. The Balaban J connectivity index is 2.02. The SMILES string of the molecule is O=C(Nc1ncccc1Cl)C1CCOC1. The van der Waals surface area contributed by atoms with Gasteiger partial charge >= 0.3 is 0 Å². The van der Waals surface area contributed by atoms with E-state index in [2.05, 4.69) is 10.3 Å². The van der Waals surface area contributed by atoms with Crippen LogP contribution in [0.4, 0.5) is 5.82 Å². The summed E-state index contributed by atoms with van der Waals surface area (Å²) in [5.74, 6) is 0.257. The highest BCUT2D eigenvalue weighted by Gasteiger charge is 2.24. The van der Waals surface area contributed by atoms with Crippen molar-refractivity contribution in [2.75, 3.05) is 18.5 Å². The second kappa shape index (κ2) is 4.59. The summed E-state index contributed by atoms with van der Waals surface area (Å²) >= 11 is 5.87. The predicted molar refractivity (Wildman–Crippen MR) is 56.8 cm³/mol. The second-order valence-electron chi connectivity index (χ2n) is 3.38. The molecule has 2 rings (SSSR count). The highest BCUT2D eigenvalue weighted by Crippen LogP contribution is 2.20. The van der Waals surface area contributed by atoms with Crippen LogP contribution in [-0.2, 0) is 9.53 Å². The van der Waals surface area contributed by atoms with Gasteiger partial charge in [0.15, 0.2) is 5.82 Å². The Morgan fingerprint density at radius 2 is 2.53 bits per heavy atom. The van der Waals surface area contributed by atoms with Crippen LogP contribution >= 0.6 is 11.6 Å². The number of pyridine rings is 1. The third kappa shape index (κ3) is 2.46. The van der Waals surface area contributed by atoms with Gasteiger partial charge in [-0.1, -0.05) is 11.6 Å². The molecule has 0 aromatic carbocycles. The van der Waals surface area contributed by atoms with Crippen molar-refractivity contribution >= 4 is 23.3 Å². The van der Waals surface area contributed by atoms with Crippen molar-refractivity contribution in [1.82, 2.24) is 4.98 Å². The zero-order valence-electron chi connectivity index (χ0n) is 8.07. The van der Waals surface area contributed by atoms with E-state index in [0.717, 1.165) is 6.42 Å². The average molecular weight is 227 g/mol. The number of amides is 1. The first-order chi connectivity index (χ1) is 7.27. The average Bonchev–Trinajstić information content (AvgIpc) is 2.74. The number of rotatable bonds is 2. The monoisotopic (exact) mass is 226 g/mol. The summed E-state index contributed by atoms with van der Waals surface area (Å²) in [5, 5.41) is 3.14. The lowest BCUT2D eigenvalue weighted by atomic mass is 10.1. The molecule has 1 unspecified atom stereocenters. The summed E-state index contributed by atoms with van der Waals surface area (Å²) in [6, 6.07) is 3.41. The smallest absolute Gasteiger partial charge is 0.231 e. The number of nitrogens with one attached hydrogen (secondary N) is 1. The number of carbonyl (C=O) groups is 1. The molecule has 1 N–H and O–H groups in total. The number of carbonyl (C=O) groups excluding carboxylic acids is 1. The van der Waals surface area contributed by atoms with Gasteiger partial charge in [0.1, 0.15) is 0 Å². The van der Waals surface area contributed by atoms with Gasteiger partial charge in [-0.2, -0.15) is 0 Å². The van der Waals surface area contributed by atoms with Crippen molar-refractivity contribution in [2.45, 2.75) is 6.42 Å². The Bertz CT molecular complexity index is 364. The highest BCUT2D eigenvalue weighted by atomic mass is 35.5. The molecule has 1 atom stereocenters. The molecule has 1 aliphatic heterocycles. The molecule has 0 saturated carbocycles. The maximum Gasteiger partial charge on any atom is 0.231 e. The van der Waals surface area contributed by atoms with E-state index in [1.54, 1.807) is 18.3 Å². The molecule has 2 heterocycles. The molecule has 1 aliphatic rings. The summed E-state index contributed by atoms with van der Waals surface area (Å²) in [6.07, 6.45) is 2.35. The van der Waals surface area contributed by atoms with Gasteiger partial charge in [-0.3, -0.25) is 4.79 Å². The fraction of sp³-hybridized carbons (Fsp3) is 0.400. The van der Waals surface area contributed by atoms with Crippen molar-refractivity contribution in [1.29, 1.82) is 0 Å². The Hall–Kier alpha value is -1.13. The number of ether oxygens (including phenoxy) is 1. The van der Waals surface area contributed by atoms with Crippen LogP contribution in [-0.4, -0.2) is 24.1 Å². The van der Waals surface area contributed by atoms with E-state index in [1.165, 1.54) is 0 Å². The molecule has 4 nitrogen and oxygen atoms in total. The van der Waals surface area contributed by atoms with Gasteiger partial charge in [0.25, 0.3) is 0 Å². The molecule has 1 fully saturated rings. The van der Waals surface area contributed by atoms with Gasteiger partial charge in [0.05, 0.1) is 17.5 Å². The normalized spacial score (nSPS) is 20.2. The van der Waals surface area contributed by atoms with Gasteiger partial charge in [-0.05, 0) is 18.6 Å². The van der Waals surface area contributed by atoms with Gasteiger partial charge in [0.2, 0.25) is 5.91 Å². The molecule has 1 aromatic rings. The van der Waals surface area contributed by atoms with Crippen LogP contribution in [0.1, 0.15) is 6.42 Å². The van der Waals surface area contributed by atoms with E-state index < -0.39 is 0 Å². The maximum absolute atomic E-state index is 11.7. The number of aromatic nitrogens is 1. The van der Waals surface area contributed by atoms with Crippen LogP contribution in [0.5, 0.6) is 0 Å². The number of nitrogens with zero attached hydrogens (tertiary/aromatic N) is 1. The first-order valence-electron chi connectivity index (χ1n) is 4.76. The lowest BCUT2D eigenvalue weighted by Crippen LogP contribution is -2.23. The molecule has 0 bridgehead atoms. The third-order valence-corrected chi connectivity index (χ3v) is 2.61. The van der Waals surface area contributed by atoms with Gasteiger partial charge < -0.3 is 10.1 Å². The summed E-state index contributed by atoms with van der Waals surface area (Å²) in [4.78, 5) is 15.7. The van der Waals surface area contributed by atoms with Crippen molar-refractivity contribution in [3.05, 3.63) is 23.4 Å². The van der Waals surface area contributed by atoms with Crippen molar-refractivity contribution < 1.29 is 9.53 Å². The van der Waals surface area contributed by atoms with Gasteiger partial charge in [-0.25, -0.2) is 4.98 Å². The lowest BCUT2D eigenvalue weighted by Gasteiger charge is -2.09. The molecule has 1 aromatic heterocycles. The minimum atomic E-state index is -0.0805. The Labute approximate surface area is 92.6 Å². The summed E-state index contributed by atoms with van der Waals surface area (Å²) in [5.41, 5.74) is 0. The molecule has 0 spiro atoms. The molecular weight excluding hydrogens is 216 g/mol. The van der Waals surface area contributed by atoms with Crippen molar-refractivity contribution in [2.24, 2.45) is 5.92 Å². The molecule has 1 saturated heterocycles. The van der Waals surface area contributed by atoms with E-state index in [1.807, 2.05) is 0 Å². The minimum Gasteiger partial charge on any atom is -0.381 e. The molecule has 1 amide bonds. The summed E-state index contributed by atoms with van der Waals surface area (Å²) < 4.78 is 5.13. The number of hydrogen-bond donors (Lipinski definition) is 1. The van der Waals surface area contributed by atoms with E-state index in [-0.39, 0.29) is 11.8 Å². The van der Waals surface area contributed by atoms with Crippen LogP contribution in [0, 0.1) is 5.92 Å². The maximum atomic E-state index is 11.7. The number of anilines is 1. The first-order valence-corrected chi connectivity index (χ1v) is 5.14. The molecule has 0 radical (unpaired) electrons. The van der Waals surface area contributed by atoms with E-state index in [4.69, 9.17) is 16.3 Å². The standard InChI is InChI=1S/C10H11ClN2O2/c11-8-2-1-4-12-9(8)13-10(14)7-3-5-15-6-7/h1-2,4,7H,3,5-6H2,(H,12,13,14). The minimum absolute atomic E-state index is 0.0758. The first kappa shape index (κ1) is 10.4. The molecule has 5 heteroatoms. The number of halogens is 1. The zero-order chi connectivity index (χ0) is 10.7. The fourth-order valence-electron chi connectivity index (χ4n) is 1.44. The predicted octanol–water partition coefficient (Wildman–Crippen LogP) is 1.71. The van der Waals surface area contributed by atoms with Gasteiger partial charge in [-0.15, -0.1) is 0 Å². The molecule has 15 heavy (non-hydrogen) atoms. The third-order valence-electron chi connectivity index (χ3n) is 2.30. The van der Waals surface area contributed by atoms with Crippen LogP contribution in [0.15, 0.2) is 18.3 Å². The van der Waals surface area contributed by atoms with Crippen LogP contribution in [0.2, 0.25) is 5.02 Å². The Morgan fingerprint density at radius 1 is 1.67 bits per heavy atom. The van der Waals surface area contributed by atoms with E-state index in [0.29, 0.717) is 24.1 Å². The van der Waals surface area contributed by atoms with Crippen LogP contribution in [0.3, 0.4) is 0 Å². The van der Waals surface area contributed by atoms with Crippen LogP contribution < -0.4 is 5.32 Å². The second-order valence-corrected chi connectivity index (χ2v) is 3.79. The van der Waals surface area contributed by atoms with E-state index >= 15 is 0 Å². The fourth-order valence-corrected chi connectivity index (χ4v) is 1.61. The van der Waals surface area contributed by atoms with E-state index in [9.17, 15) is 4.79 Å². The topological polar surface area (TPSA) is 51.2 Å². The van der Waals surface area contributed by atoms with Crippen LogP contribution in [0.25, 0.3) is 0 Å². The quantitative estimate of drug-likeness (QED) is 0.835. The summed E-state index contributed by atoms with van der Waals surface area (Å²) in [7, 11) is 0. The van der Waals surface area contributed by atoms with Crippen molar-refractivity contribution in [3.8, 4) is 0 Å². The number of hydrogen-bond acceptors (Lipinski definition) is 3.